The van der Waals surface area contributed by atoms with Gasteiger partial charge in [-0.1, -0.05) is 25.1 Å². The lowest BCUT2D eigenvalue weighted by atomic mass is 10.1. The zero-order chi connectivity index (χ0) is 15.2. The Kier molecular flexibility index (Phi) is 5.34. The fourth-order valence-corrected chi connectivity index (χ4v) is 2.41. The van der Waals surface area contributed by atoms with E-state index in [9.17, 15) is 5.11 Å². The van der Waals surface area contributed by atoms with Gasteiger partial charge in [0.25, 0.3) is 0 Å². The van der Waals surface area contributed by atoms with Crippen molar-refractivity contribution in [2.24, 2.45) is 0 Å². The van der Waals surface area contributed by atoms with Crippen LogP contribution in [0, 0.1) is 6.92 Å². The minimum atomic E-state index is -0.368. The zero-order valence-electron chi connectivity index (χ0n) is 13.1. The number of nitrogens with zero attached hydrogens (tertiary/aromatic N) is 2. The Morgan fingerprint density at radius 2 is 1.81 bits per heavy atom. The van der Waals surface area contributed by atoms with Crippen LogP contribution in [0.25, 0.3) is 0 Å². The predicted molar refractivity (Wildman–Crippen MR) is 87.4 cm³/mol. The third kappa shape index (κ3) is 4.05. The molecule has 1 heterocycles. The largest absolute Gasteiger partial charge is 0.388 e. The molecule has 0 saturated carbocycles. The van der Waals surface area contributed by atoms with Crippen molar-refractivity contribution in [2.75, 3.05) is 11.4 Å². The summed E-state index contributed by atoms with van der Waals surface area (Å²) in [4.78, 5) is 6.85. The van der Waals surface area contributed by atoms with Crippen LogP contribution in [0.4, 0.5) is 5.69 Å². The van der Waals surface area contributed by atoms with Crippen LogP contribution < -0.4 is 4.90 Å². The minimum absolute atomic E-state index is 0.368. The van der Waals surface area contributed by atoms with Gasteiger partial charge in [0.05, 0.1) is 18.3 Å². The van der Waals surface area contributed by atoms with Crippen molar-refractivity contribution < 1.29 is 5.11 Å². The van der Waals surface area contributed by atoms with E-state index in [2.05, 4.69) is 35.0 Å². The van der Waals surface area contributed by atoms with E-state index in [0.29, 0.717) is 0 Å². The van der Waals surface area contributed by atoms with Crippen LogP contribution in [0.3, 0.4) is 0 Å². The first-order valence-corrected chi connectivity index (χ1v) is 7.59. The number of benzene rings is 1. The van der Waals surface area contributed by atoms with Crippen LogP contribution in [0.2, 0.25) is 0 Å². The van der Waals surface area contributed by atoms with Gasteiger partial charge in [0, 0.05) is 17.9 Å². The topological polar surface area (TPSA) is 36.4 Å². The molecule has 3 nitrogen and oxygen atoms in total. The van der Waals surface area contributed by atoms with Gasteiger partial charge >= 0.3 is 0 Å². The molecule has 0 aliphatic heterocycles. The van der Waals surface area contributed by atoms with E-state index in [0.717, 1.165) is 42.1 Å². The van der Waals surface area contributed by atoms with Crippen molar-refractivity contribution in [1.29, 1.82) is 0 Å². The molecule has 0 radical (unpaired) electrons. The van der Waals surface area contributed by atoms with E-state index < -0.39 is 0 Å². The highest BCUT2D eigenvalue weighted by Gasteiger charge is 2.09. The summed E-state index contributed by atoms with van der Waals surface area (Å²) >= 11 is 0. The van der Waals surface area contributed by atoms with Crippen LogP contribution in [0.1, 0.15) is 43.3 Å². The number of anilines is 1. The first-order valence-electron chi connectivity index (χ1n) is 7.59. The quantitative estimate of drug-likeness (QED) is 0.875. The Balaban J connectivity index is 2.14. The molecule has 0 unspecified atom stereocenters. The molecular weight excluding hydrogens is 260 g/mol. The summed E-state index contributed by atoms with van der Waals surface area (Å²) < 4.78 is 0. The minimum Gasteiger partial charge on any atom is -0.388 e. The lowest BCUT2D eigenvalue weighted by Gasteiger charge is -2.23. The molecule has 21 heavy (non-hydrogen) atoms. The standard InChI is InChI=1S/C18H24N2O/c1-4-18(21)15-9-11-17(12-10-15)20(5-2)13-16-8-6-7-14(3)19-16/h6-12,18,21H,4-5,13H2,1-3H3/t18-/m0/s1. The van der Waals surface area contributed by atoms with Crippen molar-refractivity contribution in [1.82, 2.24) is 4.98 Å². The normalized spacial score (nSPS) is 12.2. The summed E-state index contributed by atoms with van der Waals surface area (Å²) in [6, 6.07) is 14.3. The van der Waals surface area contributed by atoms with Gasteiger partial charge in [0.15, 0.2) is 0 Å². The highest BCUT2D eigenvalue weighted by Crippen LogP contribution is 2.22. The second-order valence-corrected chi connectivity index (χ2v) is 5.30. The van der Waals surface area contributed by atoms with Gasteiger partial charge in [-0.15, -0.1) is 0 Å². The molecule has 0 spiro atoms. The average molecular weight is 284 g/mol. The molecular formula is C18H24N2O. The first-order chi connectivity index (χ1) is 10.1. The molecule has 3 heteroatoms. The molecule has 0 aliphatic rings. The Morgan fingerprint density at radius 3 is 2.38 bits per heavy atom. The first kappa shape index (κ1) is 15.5. The van der Waals surface area contributed by atoms with Crippen molar-refractivity contribution in [3.8, 4) is 0 Å². The molecule has 1 aromatic heterocycles. The summed E-state index contributed by atoms with van der Waals surface area (Å²) in [5.41, 5.74) is 4.26. The van der Waals surface area contributed by atoms with Gasteiger partial charge in [-0.25, -0.2) is 0 Å². The molecule has 1 atom stereocenters. The Morgan fingerprint density at radius 1 is 1.10 bits per heavy atom. The van der Waals surface area contributed by atoms with Gasteiger partial charge in [-0.2, -0.15) is 0 Å². The molecule has 1 N–H and O–H groups in total. The fraction of sp³-hybridized carbons (Fsp3) is 0.389. The van der Waals surface area contributed by atoms with Crippen molar-refractivity contribution >= 4 is 5.69 Å². The average Bonchev–Trinajstić information content (AvgIpc) is 2.52. The number of hydrogen-bond donors (Lipinski definition) is 1. The molecule has 2 aromatic rings. The molecule has 0 fully saturated rings. The summed E-state index contributed by atoms with van der Waals surface area (Å²) in [6.45, 7) is 7.87. The molecule has 1 aromatic carbocycles. The Hall–Kier alpha value is -1.87. The van der Waals surface area contributed by atoms with Gasteiger partial charge in [0.1, 0.15) is 0 Å². The third-order valence-electron chi connectivity index (χ3n) is 3.71. The van der Waals surface area contributed by atoms with Crippen LogP contribution in [0.15, 0.2) is 42.5 Å². The molecule has 0 amide bonds. The van der Waals surface area contributed by atoms with Crippen molar-refractivity contribution in [3.63, 3.8) is 0 Å². The number of aromatic nitrogens is 1. The van der Waals surface area contributed by atoms with Gasteiger partial charge < -0.3 is 10.0 Å². The zero-order valence-corrected chi connectivity index (χ0v) is 13.1. The second kappa shape index (κ2) is 7.23. The maximum Gasteiger partial charge on any atom is 0.0787 e. The predicted octanol–water partition coefficient (Wildman–Crippen LogP) is 3.86. The SMILES string of the molecule is CC[C@H](O)c1ccc(N(CC)Cc2cccc(C)n2)cc1. The molecule has 0 aliphatic carbocycles. The molecule has 0 saturated heterocycles. The Labute approximate surface area is 127 Å². The number of hydrogen-bond acceptors (Lipinski definition) is 3. The third-order valence-corrected chi connectivity index (χ3v) is 3.71. The van der Waals surface area contributed by atoms with Gasteiger partial charge in [-0.05, 0) is 50.1 Å². The van der Waals surface area contributed by atoms with Crippen LogP contribution >= 0.6 is 0 Å². The van der Waals surface area contributed by atoms with E-state index in [-0.39, 0.29) is 6.10 Å². The molecule has 0 bridgehead atoms. The van der Waals surface area contributed by atoms with Crippen LogP contribution in [-0.4, -0.2) is 16.6 Å². The fourth-order valence-electron chi connectivity index (χ4n) is 2.41. The van der Waals surface area contributed by atoms with Gasteiger partial charge in [0.2, 0.25) is 0 Å². The van der Waals surface area contributed by atoms with E-state index in [1.54, 1.807) is 0 Å². The second-order valence-electron chi connectivity index (χ2n) is 5.30. The van der Waals surface area contributed by atoms with Crippen LogP contribution in [-0.2, 0) is 6.54 Å². The monoisotopic (exact) mass is 284 g/mol. The lowest BCUT2D eigenvalue weighted by Crippen LogP contribution is -2.22. The van der Waals surface area contributed by atoms with Gasteiger partial charge in [-0.3, -0.25) is 4.98 Å². The summed E-state index contributed by atoms with van der Waals surface area (Å²) in [7, 11) is 0. The van der Waals surface area contributed by atoms with Crippen LogP contribution in [0.5, 0.6) is 0 Å². The Bertz CT molecular complexity index is 566. The van der Waals surface area contributed by atoms with E-state index in [1.165, 1.54) is 0 Å². The lowest BCUT2D eigenvalue weighted by molar-refractivity contribution is 0.173. The van der Waals surface area contributed by atoms with E-state index in [4.69, 9.17) is 0 Å². The van der Waals surface area contributed by atoms with E-state index >= 15 is 0 Å². The summed E-state index contributed by atoms with van der Waals surface area (Å²) in [6.07, 6.45) is 0.372. The maximum absolute atomic E-state index is 9.86. The number of aliphatic hydroxyl groups excluding tert-OH is 1. The van der Waals surface area contributed by atoms with Crippen molar-refractivity contribution in [3.05, 3.63) is 59.4 Å². The smallest absolute Gasteiger partial charge is 0.0787 e. The number of aliphatic hydroxyl groups is 1. The summed E-state index contributed by atoms with van der Waals surface area (Å²) in [5, 5.41) is 9.86. The maximum atomic E-state index is 9.86. The number of aryl methyl sites for hydroxylation is 1. The number of pyridine rings is 1. The molecule has 112 valence electrons. The highest BCUT2D eigenvalue weighted by atomic mass is 16.3. The molecule has 2 rings (SSSR count). The van der Waals surface area contributed by atoms with Crippen molar-refractivity contribution in [2.45, 2.75) is 39.8 Å². The summed E-state index contributed by atoms with van der Waals surface area (Å²) in [5.74, 6) is 0. The number of rotatable bonds is 6. The highest BCUT2D eigenvalue weighted by molar-refractivity contribution is 5.48. The van der Waals surface area contributed by atoms with E-state index in [1.807, 2.05) is 38.1 Å².